The van der Waals surface area contributed by atoms with Gasteiger partial charge >= 0.3 is 11.9 Å². The molecule has 0 aromatic heterocycles. The second kappa shape index (κ2) is 31.7. The molecular weight excluding hydrogens is 552 g/mol. The van der Waals surface area contributed by atoms with Crippen LogP contribution in [0.15, 0.2) is 72.9 Å². The van der Waals surface area contributed by atoms with Gasteiger partial charge in [-0.25, -0.2) is 0 Å². The Morgan fingerprint density at radius 3 is 1.91 bits per heavy atom. The van der Waals surface area contributed by atoms with Crippen molar-refractivity contribution in [2.75, 3.05) is 13.2 Å². The van der Waals surface area contributed by atoms with Crippen LogP contribution in [0.4, 0.5) is 0 Å². The molecule has 0 radical (unpaired) electrons. The minimum atomic E-state index is -1.01. The summed E-state index contributed by atoms with van der Waals surface area (Å²) in [5.41, 5.74) is 0. The predicted octanol–water partition coefficient (Wildman–Crippen LogP) is 9.05. The van der Waals surface area contributed by atoms with Crippen LogP contribution in [0, 0.1) is 5.92 Å². The van der Waals surface area contributed by atoms with Crippen LogP contribution in [-0.2, 0) is 19.1 Å². The quantitative estimate of drug-likeness (QED) is 0.0395. The van der Waals surface area contributed by atoms with E-state index < -0.39 is 12.2 Å². The van der Waals surface area contributed by atoms with E-state index in [2.05, 4.69) is 51.2 Å². The van der Waals surface area contributed by atoms with Gasteiger partial charge in [-0.1, -0.05) is 139 Å². The van der Waals surface area contributed by atoms with Crippen LogP contribution < -0.4 is 0 Å². The molecule has 0 amide bonds. The summed E-state index contributed by atoms with van der Waals surface area (Å²) in [6.45, 7) is 6.32. The van der Waals surface area contributed by atoms with Crippen molar-refractivity contribution in [2.24, 2.45) is 5.92 Å². The Kier molecular flexibility index (Phi) is 29.8. The summed E-state index contributed by atoms with van der Waals surface area (Å²) < 4.78 is 10.2. The van der Waals surface area contributed by atoms with Crippen LogP contribution in [0.25, 0.3) is 0 Å². The van der Waals surface area contributed by atoms with Crippen molar-refractivity contribution in [2.45, 2.75) is 136 Å². The highest BCUT2D eigenvalue weighted by Crippen LogP contribution is 2.14. The molecule has 0 aliphatic heterocycles. The molecule has 0 aliphatic rings. The SMILES string of the molecule is CC/C=C\C/C=C\CC(O)/C=C/C=C\C/C=C\C/C=C\CCC(=O)OC[C@@H](O)COC(=O)CCCCCCCCC(C)CC. The van der Waals surface area contributed by atoms with Crippen molar-refractivity contribution in [3.05, 3.63) is 72.9 Å². The molecule has 0 heterocycles. The molecule has 0 fully saturated rings. The third kappa shape index (κ3) is 30.7. The van der Waals surface area contributed by atoms with Gasteiger partial charge in [-0.15, -0.1) is 0 Å². The number of unbranched alkanes of at least 4 members (excludes halogenated alkanes) is 5. The van der Waals surface area contributed by atoms with Gasteiger partial charge in [-0.05, 0) is 50.9 Å². The molecule has 0 aliphatic carbocycles. The Balaban J connectivity index is 3.73. The van der Waals surface area contributed by atoms with E-state index in [1.54, 1.807) is 6.08 Å². The molecule has 0 saturated carbocycles. The van der Waals surface area contributed by atoms with Crippen molar-refractivity contribution in [1.29, 1.82) is 0 Å². The molecule has 6 heteroatoms. The van der Waals surface area contributed by atoms with E-state index in [-0.39, 0.29) is 31.6 Å². The predicted molar refractivity (Wildman–Crippen MR) is 183 cm³/mol. The van der Waals surface area contributed by atoms with E-state index in [1.165, 1.54) is 32.1 Å². The Labute approximate surface area is 268 Å². The van der Waals surface area contributed by atoms with E-state index in [1.807, 2.05) is 36.5 Å². The molecule has 0 rings (SSSR count). The zero-order valence-electron chi connectivity index (χ0n) is 27.9. The number of ether oxygens (including phenoxy) is 2. The number of aliphatic hydroxyl groups excluding tert-OH is 2. The molecule has 2 N–H and O–H groups in total. The number of hydrogen-bond donors (Lipinski definition) is 2. The first-order valence-corrected chi connectivity index (χ1v) is 17.0. The Morgan fingerprint density at radius 2 is 1.23 bits per heavy atom. The molecule has 250 valence electrons. The van der Waals surface area contributed by atoms with Gasteiger partial charge < -0.3 is 19.7 Å². The fraction of sp³-hybridized carbons (Fsp3) is 0.632. The Hall–Kier alpha value is -2.70. The van der Waals surface area contributed by atoms with Crippen molar-refractivity contribution in [3.63, 3.8) is 0 Å². The van der Waals surface area contributed by atoms with Crippen molar-refractivity contribution in [3.8, 4) is 0 Å². The lowest BCUT2D eigenvalue weighted by molar-refractivity contribution is -0.152. The lowest BCUT2D eigenvalue weighted by atomic mass is 10.00. The summed E-state index contributed by atoms with van der Waals surface area (Å²) in [7, 11) is 0. The van der Waals surface area contributed by atoms with Gasteiger partial charge in [0.2, 0.25) is 0 Å². The van der Waals surface area contributed by atoms with E-state index in [9.17, 15) is 19.8 Å². The maximum atomic E-state index is 11.9. The number of allylic oxidation sites excluding steroid dienone is 10. The molecule has 44 heavy (non-hydrogen) atoms. The van der Waals surface area contributed by atoms with Crippen LogP contribution in [-0.4, -0.2) is 47.6 Å². The summed E-state index contributed by atoms with van der Waals surface area (Å²) in [6, 6.07) is 0. The first-order valence-electron chi connectivity index (χ1n) is 17.0. The fourth-order valence-electron chi connectivity index (χ4n) is 4.11. The average Bonchev–Trinajstić information content (AvgIpc) is 3.02. The topological polar surface area (TPSA) is 93.1 Å². The van der Waals surface area contributed by atoms with E-state index >= 15 is 0 Å². The molecule has 0 aromatic carbocycles. The average molecular weight is 615 g/mol. The molecule has 0 bridgehead atoms. The van der Waals surface area contributed by atoms with Gasteiger partial charge in [0, 0.05) is 12.8 Å². The molecule has 0 saturated heterocycles. The maximum absolute atomic E-state index is 11.9. The molecule has 0 aromatic rings. The number of aliphatic hydroxyl groups is 2. The Morgan fingerprint density at radius 1 is 0.659 bits per heavy atom. The van der Waals surface area contributed by atoms with Crippen molar-refractivity contribution >= 4 is 11.9 Å². The monoisotopic (exact) mass is 614 g/mol. The summed E-state index contributed by atoms with van der Waals surface area (Å²) in [4.78, 5) is 23.7. The van der Waals surface area contributed by atoms with Crippen molar-refractivity contribution in [1.82, 2.24) is 0 Å². The van der Waals surface area contributed by atoms with Crippen LogP contribution in [0.2, 0.25) is 0 Å². The smallest absolute Gasteiger partial charge is 0.306 e. The van der Waals surface area contributed by atoms with Gasteiger partial charge in [-0.2, -0.15) is 0 Å². The van der Waals surface area contributed by atoms with Crippen molar-refractivity contribution < 1.29 is 29.3 Å². The largest absolute Gasteiger partial charge is 0.463 e. The molecule has 2 unspecified atom stereocenters. The van der Waals surface area contributed by atoms with Crippen LogP contribution in [0.1, 0.15) is 124 Å². The molecular formula is C38H62O6. The molecule has 0 spiro atoms. The highest BCUT2D eigenvalue weighted by atomic mass is 16.6. The second-order valence-electron chi connectivity index (χ2n) is 11.3. The molecule has 3 atom stereocenters. The first kappa shape index (κ1) is 41.3. The van der Waals surface area contributed by atoms with Gasteiger partial charge in [0.15, 0.2) is 0 Å². The van der Waals surface area contributed by atoms with E-state index in [4.69, 9.17) is 9.47 Å². The lowest BCUT2D eigenvalue weighted by Gasteiger charge is -2.12. The fourth-order valence-corrected chi connectivity index (χ4v) is 4.11. The van der Waals surface area contributed by atoms with E-state index in [0.717, 1.165) is 50.9 Å². The summed E-state index contributed by atoms with van der Waals surface area (Å²) >= 11 is 0. The highest BCUT2D eigenvalue weighted by Gasteiger charge is 2.11. The third-order valence-corrected chi connectivity index (χ3v) is 7.09. The third-order valence-electron chi connectivity index (χ3n) is 7.09. The summed E-state index contributed by atoms with van der Waals surface area (Å²) in [5, 5.41) is 19.9. The number of carbonyl (C=O) groups excluding carboxylic acids is 2. The number of hydrogen-bond acceptors (Lipinski definition) is 6. The number of esters is 2. The van der Waals surface area contributed by atoms with Gasteiger partial charge in [0.1, 0.15) is 19.3 Å². The van der Waals surface area contributed by atoms with Crippen LogP contribution in [0.3, 0.4) is 0 Å². The summed E-state index contributed by atoms with van der Waals surface area (Å²) in [5.74, 6) is 0.115. The minimum Gasteiger partial charge on any atom is -0.463 e. The number of carbonyl (C=O) groups is 2. The van der Waals surface area contributed by atoms with Gasteiger partial charge in [0.05, 0.1) is 6.10 Å². The molecule has 6 nitrogen and oxygen atoms in total. The van der Waals surface area contributed by atoms with E-state index in [0.29, 0.717) is 19.3 Å². The standard InChI is InChI=1S/C38H62O6/c1-4-6-7-8-18-23-28-35(39)29-24-19-13-11-9-10-12-14-20-25-30-37(41)43-32-36(40)33-44-38(42)31-26-21-16-15-17-22-27-34(3)5-2/h6-7,9-10,13-14,18-20,23-24,29,34-36,39-40H,4-5,8,11-12,15-17,21-22,25-28,30-33H2,1-3H3/b7-6-,10-9-,19-13-,20-14-,23-18-,29-24+/t34?,35?,36-/m1/s1. The van der Waals surface area contributed by atoms with Gasteiger partial charge in [0.25, 0.3) is 0 Å². The zero-order valence-corrected chi connectivity index (χ0v) is 27.9. The minimum absolute atomic E-state index is 0.156. The maximum Gasteiger partial charge on any atom is 0.306 e. The van der Waals surface area contributed by atoms with Gasteiger partial charge in [-0.3, -0.25) is 9.59 Å². The Bertz CT molecular complexity index is 867. The highest BCUT2D eigenvalue weighted by molar-refractivity contribution is 5.70. The first-order chi connectivity index (χ1) is 21.4. The summed E-state index contributed by atoms with van der Waals surface area (Å²) in [6.07, 6.45) is 37.1. The lowest BCUT2D eigenvalue weighted by Crippen LogP contribution is -2.25. The second-order valence-corrected chi connectivity index (χ2v) is 11.3. The zero-order chi connectivity index (χ0) is 32.5. The normalized spacial score (nSPS) is 14.6. The number of rotatable bonds is 28. The van der Waals surface area contributed by atoms with Crippen LogP contribution >= 0.6 is 0 Å². The van der Waals surface area contributed by atoms with Crippen LogP contribution in [0.5, 0.6) is 0 Å².